The van der Waals surface area contributed by atoms with Gasteiger partial charge in [-0.15, -0.1) is 5.06 Å². The number of hydrogen-bond donors (Lipinski definition) is 0. The van der Waals surface area contributed by atoms with Crippen molar-refractivity contribution in [1.82, 2.24) is 5.06 Å². The minimum Gasteiger partial charge on any atom is -0.272 e. The molecule has 9 heteroatoms. The summed E-state index contributed by atoms with van der Waals surface area (Å²) in [5.74, 6) is -2.89. The van der Waals surface area contributed by atoms with Crippen molar-refractivity contribution in [3.8, 4) is 0 Å². The van der Waals surface area contributed by atoms with Crippen LogP contribution >= 0.6 is 0 Å². The monoisotopic (exact) mass is 285 g/mol. The molecular formula is C9H10F3NO4S. The first-order valence-corrected chi connectivity index (χ1v) is 6.44. The van der Waals surface area contributed by atoms with Gasteiger partial charge in [-0.3, -0.25) is 9.59 Å². The second kappa shape index (κ2) is 4.61. The minimum absolute atomic E-state index is 0.0320. The molecule has 0 N–H and O–H groups in total. The maximum Gasteiger partial charge on any atom is 0.499 e. The average molecular weight is 285 g/mol. The van der Waals surface area contributed by atoms with Gasteiger partial charge in [0.2, 0.25) is 0 Å². The van der Waals surface area contributed by atoms with Gasteiger partial charge in [-0.2, -0.15) is 17.5 Å². The molecule has 1 aliphatic carbocycles. The van der Waals surface area contributed by atoms with Crippen molar-refractivity contribution in [2.24, 2.45) is 11.8 Å². The molecule has 0 aromatic carbocycles. The normalized spacial score (nSPS) is 30.5. The quantitative estimate of drug-likeness (QED) is 0.717. The zero-order chi connectivity index (χ0) is 13.5. The van der Waals surface area contributed by atoms with Crippen molar-refractivity contribution in [3.63, 3.8) is 0 Å². The van der Waals surface area contributed by atoms with E-state index in [1.807, 2.05) is 0 Å². The zero-order valence-corrected chi connectivity index (χ0v) is 9.92. The van der Waals surface area contributed by atoms with Gasteiger partial charge in [0.25, 0.3) is 22.9 Å². The van der Waals surface area contributed by atoms with Gasteiger partial charge in [-0.1, -0.05) is 12.8 Å². The van der Waals surface area contributed by atoms with E-state index in [2.05, 4.69) is 4.28 Å². The van der Waals surface area contributed by atoms with E-state index in [9.17, 15) is 27.0 Å². The van der Waals surface area contributed by atoms with Gasteiger partial charge < -0.3 is 0 Å². The Morgan fingerprint density at radius 1 is 1.11 bits per heavy atom. The largest absolute Gasteiger partial charge is 0.499 e. The molecule has 102 valence electrons. The summed E-state index contributed by atoms with van der Waals surface area (Å²) in [7, 11) is 0. The van der Waals surface area contributed by atoms with E-state index < -0.39 is 40.2 Å². The van der Waals surface area contributed by atoms with Crippen molar-refractivity contribution < 1.29 is 31.3 Å². The number of hydroxylamine groups is 2. The number of alkyl halides is 3. The van der Waals surface area contributed by atoms with Crippen molar-refractivity contribution in [1.29, 1.82) is 0 Å². The first kappa shape index (κ1) is 13.5. The molecule has 2 aliphatic rings. The molecular weight excluding hydrogens is 275 g/mol. The van der Waals surface area contributed by atoms with Crippen LogP contribution in [0.3, 0.4) is 0 Å². The molecule has 0 aromatic rings. The van der Waals surface area contributed by atoms with Crippen LogP contribution in [0.1, 0.15) is 25.7 Å². The fraction of sp³-hybridized carbons (Fsp3) is 0.778. The van der Waals surface area contributed by atoms with Gasteiger partial charge in [0, 0.05) is 0 Å². The zero-order valence-electron chi connectivity index (χ0n) is 9.11. The van der Waals surface area contributed by atoms with E-state index >= 15 is 0 Å². The molecule has 1 heterocycles. The highest BCUT2D eigenvalue weighted by Gasteiger charge is 2.52. The van der Waals surface area contributed by atoms with Gasteiger partial charge in [-0.05, 0) is 12.8 Å². The van der Waals surface area contributed by atoms with Crippen LogP contribution in [0, 0.1) is 11.8 Å². The lowest BCUT2D eigenvalue weighted by molar-refractivity contribution is -0.167. The summed E-state index contributed by atoms with van der Waals surface area (Å²) in [5, 5.41) is 0.0320. The Morgan fingerprint density at radius 3 is 1.94 bits per heavy atom. The maximum absolute atomic E-state index is 12.1. The Hall–Kier alpha value is -0.960. The Labute approximate surface area is 103 Å². The topological polar surface area (TPSA) is 63.7 Å². The van der Waals surface area contributed by atoms with Crippen LogP contribution < -0.4 is 0 Å². The van der Waals surface area contributed by atoms with E-state index in [1.165, 1.54) is 0 Å². The number of hydrogen-bond acceptors (Lipinski definition) is 4. The van der Waals surface area contributed by atoms with Crippen molar-refractivity contribution >= 4 is 22.9 Å². The Kier molecular flexibility index (Phi) is 3.45. The lowest BCUT2D eigenvalue weighted by Gasteiger charge is -2.19. The van der Waals surface area contributed by atoms with E-state index in [0.29, 0.717) is 12.8 Å². The second-order valence-electron chi connectivity index (χ2n) is 4.22. The fourth-order valence-corrected chi connectivity index (χ4v) is 2.68. The smallest absolute Gasteiger partial charge is 0.272 e. The lowest BCUT2D eigenvalue weighted by atomic mass is 9.81. The molecule has 1 saturated carbocycles. The molecule has 2 amide bonds. The number of halogens is 3. The van der Waals surface area contributed by atoms with E-state index in [4.69, 9.17) is 0 Å². The Balaban J connectivity index is 2.12. The highest BCUT2D eigenvalue weighted by atomic mass is 32.2. The predicted octanol–water partition coefficient (Wildman–Crippen LogP) is 1.28. The third kappa shape index (κ3) is 2.28. The number of rotatable bonds is 2. The fourth-order valence-electron chi connectivity index (χ4n) is 2.32. The molecule has 0 bridgehead atoms. The van der Waals surface area contributed by atoms with E-state index in [-0.39, 0.29) is 5.06 Å². The summed E-state index contributed by atoms with van der Waals surface area (Å²) in [4.78, 5) is 23.4. The first-order valence-electron chi connectivity index (χ1n) is 5.37. The molecule has 1 saturated heterocycles. The summed E-state index contributed by atoms with van der Waals surface area (Å²) in [6.45, 7) is 0. The van der Waals surface area contributed by atoms with Crippen LogP contribution in [0.5, 0.6) is 0 Å². The third-order valence-corrected chi connectivity index (χ3v) is 3.79. The lowest BCUT2D eigenvalue weighted by Crippen LogP contribution is -2.35. The molecule has 2 rings (SSSR count). The summed E-state index contributed by atoms with van der Waals surface area (Å²) < 4.78 is 50.9. The van der Waals surface area contributed by atoms with Gasteiger partial charge in [-0.25, -0.2) is 4.21 Å². The minimum atomic E-state index is -5.12. The average Bonchev–Trinajstić information content (AvgIpc) is 2.54. The maximum atomic E-state index is 12.1. The second-order valence-corrected chi connectivity index (χ2v) is 5.30. The van der Waals surface area contributed by atoms with Crippen LogP contribution in [0.4, 0.5) is 13.2 Å². The van der Waals surface area contributed by atoms with Crippen molar-refractivity contribution in [2.45, 2.75) is 31.2 Å². The molecule has 1 aliphatic heterocycles. The number of carbonyl (C=O) groups excluding carboxylic acids is 2. The molecule has 18 heavy (non-hydrogen) atoms. The summed E-state index contributed by atoms with van der Waals surface area (Å²) in [6, 6.07) is 0. The van der Waals surface area contributed by atoms with E-state index in [0.717, 1.165) is 12.8 Å². The van der Waals surface area contributed by atoms with Gasteiger partial charge in [0.05, 0.1) is 11.8 Å². The molecule has 5 nitrogen and oxygen atoms in total. The number of amides is 2. The van der Waals surface area contributed by atoms with Crippen LogP contribution in [0.2, 0.25) is 0 Å². The number of fused-ring (bicyclic) bond motifs is 1. The predicted molar refractivity (Wildman–Crippen MR) is 52.6 cm³/mol. The highest BCUT2D eigenvalue weighted by Crippen LogP contribution is 2.38. The van der Waals surface area contributed by atoms with Crippen molar-refractivity contribution in [3.05, 3.63) is 0 Å². The summed E-state index contributed by atoms with van der Waals surface area (Å²) in [5.41, 5.74) is -5.12. The standard InChI is InChI=1S/C9H10F3NO4S/c10-9(11,12)18(16)17-13-7(14)5-3-1-2-4-6(5)8(13)15/h5-6H,1-4H2. The van der Waals surface area contributed by atoms with Gasteiger partial charge >= 0.3 is 5.51 Å². The van der Waals surface area contributed by atoms with Gasteiger partial charge in [0.15, 0.2) is 0 Å². The Bertz CT molecular complexity index is 387. The first-order chi connectivity index (χ1) is 8.32. The molecule has 3 unspecified atom stereocenters. The summed E-state index contributed by atoms with van der Waals surface area (Å²) >= 11 is -3.70. The van der Waals surface area contributed by atoms with Crippen LogP contribution in [0.15, 0.2) is 0 Å². The summed E-state index contributed by atoms with van der Waals surface area (Å²) in [6.07, 6.45) is 2.40. The molecule has 3 atom stereocenters. The third-order valence-electron chi connectivity index (χ3n) is 3.13. The van der Waals surface area contributed by atoms with E-state index in [1.54, 1.807) is 0 Å². The number of imide groups is 1. The molecule has 0 radical (unpaired) electrons. The Morgan fingerprint density at radius 2 is 1.56 bits per heavy atom. The SMILES string of the molecule is O=C1C2CCCCC2C(=O)N1OS(=O)C(F)(F)F. The van der Waals surface area contributed by atoms with Crippen LogP contribution in [-0.2, 0) is 25.0 Å². The van der Waals surface area contributed by atoms with Crippen LogP contribution in [0.25, 0.3) is 0 Å². The van der Waals surface area contributed by atoms with Gasteiger partial charge in [0.1, 0.15) is 0 Å². The highest BCUT2D eigenvalue weighted by molar-refractivity contribution is 7.81. The number of nitrogens with zero attached hydrogens (tertiary/aromatic N) is 1. The molecule has 2 fully saturated rings. The number of carbonyl (C=O) groups is 2. The molecule has 0 aromatic heterocycles. The van der Waals surface area contributed by atoms with Crippen LogP contribution in [-0.4, -0.2) is 26.6 Å². The molecule has 0 spiro atoms. The van der Waals surface area contributed by atoms with Crippen molar-refractivity contribution in [2.75, 3.05) is 0 Å².